The molecule has 1 aromatic heterocycles. The number of hydrogen-bond acceptors (Lipinski definition) is 4. The number of nitrogens with one attached hydrogen (secondary N) is 1. The maximum atomic E-state index is 12.6. The zero-order valence-electron chi connectivity index (χ0n) is 18.2. The van der Waals surface area contributed by atoms with Crippen LogP contribution in [0.25, 0.3) is 0 Å². The Labute approximate surface area is 195 Å². The number of halogens is 1. The summed E-state index contributed by atoms with van der Waals surface area (Å²) in [6.45, 7) is 5.50. The fourth-order valence-corrected chi connectivity index (χ4v) is 3.43. The second-order valence-electron chi connectivity index (χ2n) is 7.52. The van der Waals surface area contributed by atoms with Gasteiger partial charge in [-0.3, -0.25) is 19.4 Å². The molecule has 0 bridgehead atoms. The van der Waals surface area contributed by atoms with Crippen LogP contribution in [0, 0.1) is 0 Å². The number of aryl methyl sites for hydroxylation is 1. The number of nitrogens with zero attached hydrogens (tertiary/aromatic N) is 6. The van der Waals surface area contributed by atoms with E-state index in [0.29, 0.717) is 19.1 Å². The number of rotatable bonds is 6. The maximum Gasteiger partial charge on any atom is 0.246 e. The number of amides is 1. The molecule has 1 amide bonds. The number of aliphatic imine (C=N–C) groups is 1. The summed E-state index contributed by atoms with van der Waals surface area (Å²) in [6.07, 6.45) is 3.59. The van der Waals surface area contributed by atoms with Gasteiger partial charge in [0.1, 0.15) is 6.54 Å². The van der Waals surface area contributed by atoms with Gasteiger partial charge in [0.05, 0.1) is 11.9 Å². The smallest absolute Gasteiger partial charge is 0.246 e. The Hall–Kier alpha value is -2.14. The molecule has 1 aromatic carbocycles. The van der Waals surface area contributed by atoms with Crippen LogP contribution in [0.2, 0.25) is 0 Å². The van der Waals surface area contributed by atoms with Gasteiger partial charge in [-0.15, -0.1) is 24.0 Å². The van der Waals surface area contributed by atoms with E-state index >= 15 is 0 Å². The molecule has 8 nitrogen and oxygen atoms in total. The fraction of sp³-hybridized carbons (Fsp3) is 0.476. The highest BCUT2D eigenvalue weighted by Crippen LogP contribution is 2.16. The molecular formula is C21H32IN7O. The van der Waals surface area contributed by atoms with Crippen molar-refractivity contribution >= 4 is 41.5 Å². The molecule has 164 valence electrons. The average Bonchev–Trinajstić information content (AvgIpc) is 3.15. The minimum absolute atomic E-state index is 0. The van der Waals surface area contributed by atoms with Crippen LogP contribution in [-0.2, 0) is 18.4 Å². The van der Waals surface area contributed by atoms with Crippen LogP contribution in [0.5, 0.6) is 0 Å². The number of aromatic nitrogens is 2. The molecule has 2 heterocycles. The van der Waals surface area contributed by atoms with Crippen LogP contribution < -0.4 is 10.2 Å². The molecule has 1 unspecified atom stereocenters. The molecule has 1 aliphatic heterocycles. The van der Waals surface area contributed by atoms with E-state index in [0.717, 1.165) is 31.3 Å². The van der Waals surface area contributed by atoms with Gasteiger partial charge in [0.25, 0.3) is 0 Å². The van der Waals surface area contributed by atoms with E-state index < -0.39 is 0 Å². The molecule has 30 heavy (non-hydrogen) atoms. The first-order chi connectivity index (χ1) is 14.0. The Bertz CT molecular complexity index is 839. The van der Waals surface area contributed by atoms with Gasteiger partial charge in [-0.05, 0) is 19.5 Å². The third-order valence-electron chi connectivity index (χ3n) is 5.32. The van der Waals surface area contributed by atoms with Crippen molar-refractivity contribution in [2.45, 2.75) is 19.5 Å². The highest BCUT2D eigenvalue weighted by molar-refractivity contribution is 14.0. The second-order valence-corrected chi connectivity index (χ2v) is 7.52. The van der Waals surface area contributed by atoms with Crippen molar-refractivity contribution in [3.63, 3.8) is 0 Å². The molecule has 0 aliphatic carbocycles. The van der Waals surface area contributed by atoms with E-state index in [9.17, 15) is 4.79 Å². The predicted octanol–water partition coefficient (Wildman–Crippen LogP) is 1.78. The van der Waals surface area contributed by atoms with Gasteiger partial charge in [-0.1, -0.05) is 30.3 Å². The summed E-state index contributed by atoms with van der Waals surface area (Å²) in [5, 5.41) is 7.59. The molecule has 0 radical (unpaired) electrons. The molecule has 9 heteroatoms. The molecule has 0 saturated carbocycles. The van der Waals surface area contributed by atoms with Crippen molar-refractivity contribution in [2.75, 3.05) is 45.2 Å². The predicted molar refractivity (Wildman–Crippen MR) is 131 cm³/mol. The van der Waals surface area contributed by atoms with E-state index in [1.807, 2.05) is 24.2 Å². The first kappa shape index (κ1) is 24.1. The molecule has 1 N–H and O–H groups in total. The van der Waals surface area contributed by atoms with Crippen molar-refractivity contribution in [3.8, 4) is 0 Å². The summed E-state index contributed by atoms with van der Waals surface area (Å²) in [5.74, 6) is 0.825. The van der Waals surface area contributed by atoms with Gasteiger partial charge < -0.3 is 15.1 Å². The Morgan fingerprint density at radius 1 is 1.30 bits per heavy atom. The number of likely N-dealkylation sites (N-methyl/N-ethyl adjacent to an activating group) is 1. The number of carbonyl (C=O) groups excluding carboxylic acids is 1. The Morgan fingerprint density at radius 3 is 2.63 bits per heavy atom. The number of piperazine rings is 1. The third-order valence-corrected chi connectivity index (χ3v) is 5.32. The van der Waals surface area contributed by atoms with Crippen LogP contribution >= 0.6 is 24.0 Å². The SMILES string of the molecule is CN=C(NCC(C)N(C)Cc1ccccc1)N1CCN(c2cnn(C)c2)C(=O)C1.I. The summed E-state index contributed by atoms with van der Waals surface area (Å²) in [6, 6.07) is 10.8. The van der Waals surface area contributed by atoms with Crippen LogP contribution in [0.1, 0.15) is 12.5 Å². The monoisotopic (exact) mass is 525 g/mol. The number of anilines is 1. The zero-order valence-corrected chi connectivity index (χ0v) is 20.5. The molecule has 0 spiro atoms. The largest absolute Gasteiger partial charge is 0.355 e. The van der Waals surface area contributed by atoms with Gasteiger partial charge >= 0.3 is 0 Å². The zero-order chi connectivity index (χ0) is 20.8. The van der Waals surface area contributed by atoms with Crippen LogP contribution in [0.3, 0.4) is 0 Å². The van der Waals surface area contributed by atoms with E-state index in [1.54, 1.807) is 22.8 Å². The third kappa shape index (κ3) is 6.18. The van der Waals surface area contributed by atoms with Crippen molar-refractivity contribution in [2.24, 2.45) is 12.0 Å². The highest BCUT2D eigenvalue weighted by Gasteiger charge is 2.27. The summed E-state index contributed by atoms with van der Waals surface area (Å²) in [5.41, 5.74) is 2.14. The van der Waals surface area contributed by atoms with Crippen molar-refractivity contribution in [1.29, 1.82) is 0 Å². The van der Waals surface area contributed by atoms with E-state index in [-0.39, 0.29) is 29.9 Å². The number of hydrogen-bond donors (Lipinski definition) is 1. The quantitative estimate of drug-likeness (QED) is 0.354. The standard InChI is InChI=1S/C21H31N7O.HI/c1-17(25(3)14-18-8-6-5-7-9-18)12-23-21(22-2)27-10-11-28(20(29)16-27)19-13-24-26(4)15-19;/h5-9,13,15,17H,10-12,14,16H2,1-4H3,(H,22,23);1H. The molecule has 1 atom stereocenters. The lowest BCUT2D eigenvalue weighted by molar-refractivity contribution is -0.120. The highest BCUT2D eigenvalue weighted by atomic mass is 127. The van der Waals surface area contributed by atoms with E-state index in [4.69, 9.17) is 0 Å². The van der Waals surface area contributed by atoms with Gasteiger partial charge in [-0.2, -0.15) is 5.10 Å². The first-order valence-electron chi connectivity index (χ1n) is 9.96. The fourth-order valence-electron chi connectivity index (χ4n) is 3.43. The lowest BCUT2D eigenvalue weighted by atomic mass is 10.2. The Kier molecular flexibility index (Phi) is 9.09. The van der Waals surface area contributed by atoms with E-state index in [2.05, 4.69) is 58.5 Å². The van der Waals surface area contributed by atoms with Gasteiger partial charge in [0.2, 0.25) is 5.91 Å². The number of carbonyl (C=O) groups is 1. The summed E-state index contributed by atoms with van der Waals surface area (Å²) < 4.78 is 1.71. The molecule has 1 fully saturated rings. The molecule has 1 saturated heterocycles. The van der Waals surface area contributed by atoms with Crippen molar-refractivity contribution < 1.29 is 4.79 Å². The Balaban J connectivity index is 0.00000320. The van der Waals surface area contributed by atoms with Crippen LogP contribution in [-0.4, -0.2) is 77.8 Å². The minimum atomic E-state index is 0. The molecule has 2 aromatic rings. The summed E-state index contributed by atoms with van der Waals surface area (Å²) >= 11 is 0. The summed E-state index contributed by atoms with van der Waals surface area (Å²) in [4.78, 5) is 23.1. The summed E-state index contributed by atoms with van der Waals surface area (Å²) in [7, 11) is 5.74. The second kappa shape index (κ2) is 11.3. The van der Waals surface area contributed by atoms with Crippen LogP contribution in [0.15, 0.2) is 47.7 Å². The molecular weight excluding hydrogens is 493 g/mol. The lowest BCUT2D eigenvalue weighted by Gasteiger charge is -2.36. The van der Waals surface area contributed by atoms with Crippen LogP contribution in [0.4, 0.5) is 5.69 Å². The van der Waals surface area contributed by atoms with Gasteiger partial charge in [-0.25, -0.2) is 0 Å². The van der Waals surface area contributed by atoms with Gasteiger partial charge in [0.15, 0.2) is 5.96 Å². The van der Waals surface area contributed by atoms with Crippen molar-refractivity contribution in [1.82, 2.24) is 24.9 Å². The van der Waals surface area contributed by atoms with Crippen molar-refractivity contribution in [3.05, 3.63) is 48.3 Å². The number of benzene rings is 1. The lowest BCUT2D eigenvalue weighted by Crippen LogP contribution is -2.56. The van der Waals surface area contributed by atoms with E-state index in [1.165, 1.54) is 5.56 Å². The number of guanidine groups is 1. The normalized spacial score (nSPS) is 15.9. The van der Waals surface area contributed by atoms with Gasteiger partial charge in [0, 0.05) is 52.5 Å². The average molecular weight is 525 g/mol. The minimum Gasteiger partial charge on any atom is -0.355 e. The first-order valence-corrected chi connectivity index (χ1v) is 9.96. The Morgan fingerprint density at radius 2 is 2.03 bits per heavy atom. The maximum absolute atomic E-state index is 12.6. The molecule has 1 aliphatic rings. The topological polar surface area (TPSA) is 69.0 Å². The molecule has 3 rings (SSSR count).